The summed E-state index contributed by atoms with van der Waals surface area (Å²) in [6.45, 7) is 10.4. The predicted molar refractivity (Wildman–Crippen MR) is 113 cm³/mol. The summed E-state index contributed by atoms with van der Waals surface area (Å²) in [5, 5.41) is 0.644. The summed E-state index contributed by atoms with van der Waals surface area (Å²) in [7, 11) is 1.43. The van der Waals surface area contributed by atoms with Crippen LogP contribution in [-0.4, -0.2) is 19.8 Å². The fraction of sp³-hybridized carbons (Fsp3) is 0.435. The zero-order chi connectivity index (χ0) is 20.7. The summed E-state index contributed by atoms with van der Waals surface area (Å²) in [5.74, 6) is 0.937. The lowest BCUT2D eigenvalue weighted by atomic mass is 10.1. The van der Waals surface area contributed by atoms with Gasteiger partial charge in [0.25, 0.3) is 0 Å². The number of allylic oxidation sites excluding steroid dienone is 3. The normalized spacial score (nSPS) is 11.6. The zero-order valence-corrected chi connectivity index (χ0v) is 17.6. The Bertz CT molecular complexity index is 914. The number of hydrogen-bond acceptors (Lipinski definition) is 5. The largest absolute Gasteiger partial charge is 0.487 e. The Morgan fingerprint density at radius 2 is 1.89 bits per heavy atom. The van der Waals surface area contributed by atoms with Gasteiger partial charge in [-0.3, -0.25) is 0 Å². The van der Waals surface area contributed by atoms with Crippen molar-refractivity contribution in [2.45, 2.75) is 53.6 Å². The summed E-state index contributed by atoms with van der Waals surface area (Å²) in [5.41, 5.74) is 2.32. The van der Waals surface area contributed by atoms with E-state index >= 15 is 0 Å². The van der Waals surface area contributed by atoms with Gasteiger partial charge in [0.2, 0.25) is 5.75 Å². The van der Waals surface area contributed by atoms with Crippen molar-refractivity contribution in [2.75, 3.05) is 13.7 Å². The monoisotopic (exact) mass is 386 g/mol. The molecule has 0 saturated heterocycles. The third kappa shape index (κ3) is 5.65. The van der Waals surface area contributed by atoms with Gasteiger partial charge in [0.15, 0.2) is 17.1 Å². The third-order valence-electron chi connectivity index (χ3n) is 4.13. The molecule has 5 nitrogen and oxygen atoms in total. The van der Waals surface area contributed by atoms with Gasteiger partial charge in [0.1, 0.15) is 6.61 Å². The zero-order valence-electron chi connectivity index (χ0n) is 17.6. The lowest BCUT2D eigenvalue weighted by Crippen LogP contribution is -2.10. The van der Waals surface area contributed by atoms with Crippen molar-refractivity contribution in [1.82, 2.24) is 0 Å². The van der Waals surface area contributed by atoms with Crippen LogP contribution in [0.5, 0.6) is 17.2 Å². The van der Waals surface area contributed by atoms with Gasteiger partial charge in [-0.2, -0.15) is 0 Å². The first kappa shape index (κ1) is 21.6. The van der Waals surface area contributed by atoms with E-state index in [0.717, 1.165) is 12.8 Å². The van der Waals surface area contributed by atoms with Crippen molar-refractivity contribution >= 4 is 11.0 Å². The molecule has 0 atom stereocenters. The second-order valence-electron chi connectivity index (χ2n) is 7.23. The molecule has 0 bridgehead atoms. The Hall–Kier alpha value is -2.69. The molecule has 1 aromatic heterocycles. The molecule has 0 radical (unpaired) electrons. The molecule has 28 heavy (non-hydrogen) atoms. The molecule has 5 heteroatoms. The molecule has 0 aliphatic heterocycles. The number of ether oxygens (including phenoxy) is 3. The van der Waals surface area contributed by atoms with Gasteiger partial charge in [-0.05, 0) is 65.7 Å². The molecule has 0 aliphatic rings. The highest BCUT2D eigenvalue weighted by Gasteiger charge is 2.19. The van der Waals surface area contributed by atoms with Crippen LogP contribution in [-0.2, 0) is 0 Å². The first-order valence-electron chi connectivity index (χ1n) is 9.55. The lowest BCUT2D eigenvalue weighted by Gasteiger charge is -2.14. The van der Waals surface area contributed by atoms with Crippen LogP contribution < -0.4 is 19.8 Å². The van der Waals surface area contributed by atoms with E-state index in [4.69, 9.17) is 18.6 Å². The van der Waals surface area contributed by atoms with Crippen LogP contribution in [0.4, 0.5) is 0 Å². The molecule has 0 fully saturated rings. The number of para-hydroxylation sites is 1. The average molecular weight is 386 g/mol. The maximum atomic E-state index is 12.4. The molecule has 2 aromatic rings. The molecule has 1 heterocycles. The van der Waals surface area contributed by atoms with Gasteiger partial charge in [-0.25, -0.2) is 4.79 Å². The molecule has 0 amide bonds. The van der Waals surface area contributed by atoms with Crippen LogP contribution in [0.25, 0.3) is 11.0 Å². The van der Waals surface area contributed by atoms with Crippen LogP contribution in [0.15, 0.2) is 50.7 Å². The summed E-state index contributed by atoms with van der Waals surface area (Å²) >= 11 is 0. The van der Waals surface area contributed by atoms with E-state index in [0.29, 0.717) is 29.1 Å². The van der Waals surface area contributed by atoms with Crippen molar-refractivity contribution < 1.29 is 18.6 Å². The minimum atomic E-state index is -0.589. The second kappa shape index (κ2) is 10.0. The summed E-state index contributed by atoms with van der Waals surface area (Å²) < 4.78 is 22.4. The number of rotatable bonds is 9. The fourth-order valence-electron chi connectivity index (χ4n) is 2.78. The lowest BCUT2D eigenvalue weighted by molar-refractivity contribution is 0.240. The Labute approximate surface area is 166 Å². The van der Waals surface area contributed by atoms with Crippen molar-refractivity contribution in [3.05, 3.63) is 51.9 Å². The Balaban J connectivity index is 2.32. The molecule has 2 rings (SSSR count). The molecule has 0 aliphatic carbocycles. The smallest absolute Gasteiger partial charge is 0.383 e. The summed E-state index contributed by atoms with van der Waals surface area (Å²) in [6, 6.07) is 5.44. The van der Waals surface area contributed by atoms with E-state index in [9.17, 15) is 4.79 Å². The highest BCUT2D eigenvalue weighted by Crippen LogP contribution is 2.37. The SMILES string of the molecule is COc1c(OC/C=C(\C)CCC=C(C)C)c2cccc(OC(C)C)c2oc1=O. The molecular formula is C23H30O5. The van der Waals surface area contributed by atoms with Gasteiger partial charge in [0.05, 0.1) is 18.6 Å². The van der Waals surface area contributed by atoms with Crippen LogP contribution in [0.3, 0.4) is 0 Å². The molecule has 152 valence electrons. The van der Waals surface area contributed by atoms with E-state index in [1.54, 1.807) is 6.07 Å². The number of hydrogen-bond donors (Lipinski definition) is 0. The standard InChI is InChI=1S/C23H30O5/c1-15(2)9-7-10-17(5)13-14-26-21-18-11-8-12-19(27-16(3)4)20(18)28-23(24)22(21)25-6/h8-9,11-13,16H,7,10,14H2,1-6H3/b17-13+. The van der Waals surface area contributed by atoms with Crippen LogP contribution in [0.2, 0.25) is 0 Å². The van der Waals surface area contributed by atoms with E-state index in [-0.39, 0.29) is 11.9 Å². The maximum Gasteiger partial charge on any atom is 0.383 e. The summed E-state index contributed by atoms with van der Waals surface area (Å²) in [6.07, 6.45) is 6.16. The maximum absolute atomic E-state index is 12.4. The minimum Gasteiger partial charge on any atom is -0.487 e. The molecule has 1 aromatic carbocycles. The van der Waals surface area contributed by atoms with Gasteiger partial charge in [-0.15, -0.1) is 0 Å². The van der Waals surface area contributed by atoms with Crippen molar-refractivity contribution in [3.63, 3.8) is 0 Å². The topological polar surface area (TPSA) is 57.9 Å². The Morgan fingerprint density at radius 3 is 2.54 bits per heavy atom. The number of benzene rings is 1. The van der Waals surface area contributed by atoms with Gasteiger partial charge < -0.3 is 18.6 Å². The Morgan fingerprint density at radius 1 is 1.14 bits per heavy atom. The molecular weight excluding hydrogens is 356 g/mol. The van der Waals surface area contributed by atoms with Crippen LogP contribution in [0.1, 0.15) is 47.5 Å². The van der Waals surface area contributed by atoms with Crippen molar-refractivity contribution in [3.8, 4) is 17.2 Å². The van der Waals surface area contributed by atoms with E-state index in [1.807, 2.05) is 32.1 Å². The molecule has 0 N–H and O–H groups in total. The Kier molecular flexibility index (Phi) is 7.73. The predicted octanol–water partition coefficient (Wildman–Crippen LogP) is 5.66. The third-order valence-corrected chi connectivity index (χ3v) is 4.13. The van der Waals surface area contributed by atoms with Crippen LogP contribution >= 0.6 is 0 Å². The van der Waals surface area contributed by atoms with Gasteiger partial charge >= 0.3 is 5.63 Å². The highest BCUT2D eigenvalue weighted by molar-refractivity contribution is 5.89. The van der Waals surface area contributed by atoms with Crippen LogP contribution in [0, 0.1) is 0 Å². The highest BCUT2D eigenvalue weighted by atomic mass is 16.5. The van der Waals surface area contributed by atoms with E-state index in [1.165, 1.54) is 18.3 Å². The van der Waals surface area contributed by atoms with E-state index in [2.05, 4.69) is 26.8 Å². The fourth-order valence-corrected chi connectivity index (χ4v) is 2.78. The first-order chi connectivity index (χ1) is 13.3. The quantitative estimate of drug-likeness (QED) is 0.411. The number of fused-ring (bicyclic) bond motifs is 1. The average Bonchev–Trinajstić information content (AvgIpc) is 2.61. The number of methoxy groups -OCH3 is 1. The molecule has 0 saturated carbocycles. The minimum absolute atomic E-state index is 0.0474. The van der Waals surface area contributed by atoms with Crippen molar-refractivity contribution in [1.29, 1.82) is 0 Å². The molecule has 0 spiro atoms. The second-order valence-corrected chi connectivity index (χ2v) is 7.23. The van der Waals surface area contributed by atoms with Crippen molar-refractivity contribution in [2.24, 2.45) is 0 Å². The van der Waals surface area contributed by atoms with E-state index < -0.39 is 5.63 Å². The molecule has 0 unspecified atom stereocenters. The summed E-state index contributed by atoms with van der Waals surface area (Å²) in [4.78, 5) is 12.4. The first-order valence-corrected chi connectivity index (χ1v) is 9.55. The van der Waals surface area contributed by atoms with Gasteiger partial charge in [0, 0.05) is 0 Å². The van der Waals surface area contributed by atoms with Gasteiger partial charge in [-0.1, -0.05) is 23.3 Å².